The summed E-state index contributed by atoms with van der Waals surface area (Å²) in [6, 6.07) is 0. The van der Waals surface area contributed by atoms with Crippen LogP contribution in [0.4, 0.5) is 0 Å². The van der Waals surface area contributed by atoms with E-state index in [1.807, 2.05) is 0 Å². The second kappa shape index (κ2) is 92.1. The number of ether oxygens (including phenoxy) is 3. The second-order valence-corrected chi connectivity index (χ2v) is 34.3. The maximum Gasteiger partial charge on any atom is 0.472 e. The number of phosphoric ester groups is 2. The van der Waals surface area contributed by atoms with Gasteiger partial charge in [-0.25, -0.2) is 9.13 Å². The van der Waals surface area contributed by atoms with Gasteiger partial charge < -0.3 is 34.2 Å². The average molecular weight is 1700 g/mol. The minimum absolute atomic E-state index is 0.0868. The van der Waals surface area contributed by atoms with E-state index in [4.69, 9.17) is 32.3 Å². The minimum atomic E-state index is -4.95. The van der Waals surface area contributed by atoms with Gasteiger partial charge in [0.2, 0.25) is 0 Å². The lowest BCUT2D eigenvalue weighted by Crippen LogP contribution is -2.30. The zero-order chi connectivity index (χ0) is 86.5. The maximum atomic E-state index is 13.1. The highest BCUT2D eigenvalue weighted by molar-refractivity contribution is 7.47. The fraction of sp³-hybridized carbons (Fsp3) is 0.693. The molecular weight excluding hydrogens is 1530 g/mol. The first-order chi connectivity index (χ1) is 58.2. The highest BCUT2D eigenvalue weighted by Gasteiger charge is 2.30. The zero-order valence-corrected chi connectivity index (χ0v) is 77.0. The molecule has 0 aromatic rings. The number of unbranched alkanes of at least 4 members (excludes halogenated alkanes) is 38. The summed E-state index contributed by atoms with van der Waals surface area (Å²) < 4.78 is 61.5. The van der Waals surface area contributed by atoms with Crippen LogP contribution in [0.25, 0.3) is 0 Å². The summed E-state index contributed by atoms with van der Waals surface area (Å²) >= 11 is 0. The standard InChI is InChI=1S/C101H172O16P2/c1-4-7-10-13-16-19-22-25-28-31-34-37-40-42-44-45-46-47-48-49-51-53-55-57-60-63-66-69-72-75-78-81-84-87-99(104)111-90-96(102)91-113-118(107,108)114-92-97(103)93-115-119(109,110)116-95-98(117-101(106)89-86-83-80-77-74-71-68-65-62-59-54-39-36-33-30-27-24-21-18-15-12-9-6-3)94-112-100(105)88-85-82-79-76-73-70-67-64-61-58-56-52-50-43-41-38-35-32-29-26-23-20-17-14-11-8-5-2/h7,9-10,12,16-21,25-30,34-39,42-44,50,59,62,96-98,102-103H,4-6,8,11,13-15,22-24,31-33,40-41,45-49,51-58,60-61,63-95H2,1-3H3,(H,107,108)(H,109,110)/b10-7-,12-9-,19-16-,20-17-,21-18-,28-25-,29-26-,30-27-,37-34-,38-35-,39-36-,44-42-,50-43-,62-59-. The fourth-order valence-electron chi connectivity index (χ4n) is 12.8. The second-order valence-electron chi connectivity index (χ2n) is 31.4. The molecule has 5 unspecified atom stereocenters. The lowest BCUT2D eigenvalue weighted by molar-refractivity contribution is -0.161. The molecular formula is C101H172O16P2. The van der Waals surface area contributed by atoms with Crippen molar-refractivity contribution in [3.05, 3.63) is 170 Å². The van der Waals surface area contributed by atoms with E-state index in [1.165, 1.54) is 154 Å². The highest BCUT2D eigenvalue weighted by atomic mass is 31.2. The smallest absolute Gasteiger partial charge is 0.463 e. The quantitative estimate of drug-likeness (QED) is 0.0146. The number of esters is 3. The first-order valence-electron chi connectivity index (χ1n) is 47.4. The van der Waals surface area contributed by atoms with Gasteiger partial charge in [0.05, 0.1) is 26.4 Å². The van der Waals surface area contributed by atoms with Crippen LogP contribution in [0.1, 0.15) is 393 Å². The van der Waals surface area contributed by atoms with Crippen LogP contribution < -0.4 is 0 Å². The van der Waals surface area contributed by atoms with Gasteiger partial charge in [0.1, 0.15) is 25.4 Å². The Bertz CT molecular complexity index is 2840. The Morgan fingerprint density at radius 2 is 0.445 bits per heavy atom. The number of carbonyl (C=O) groups is 3. The van der Waals surface area contributed by atoms with Crippen LogP contribution in [0.2, 0.25) is 0 Å². The van der Waals surface area contributed by atoms with Gasteiger partial charge in [0.25, 0.3) is 0 Å². The van der Waals surface area contributed by atoms with Crippen LogP contribution in [0.15, 0.2) is 170 Å². The molecule has 0 radical (unpaired) electrons. The van der Waals surface area contributed by atoms with E-state index in [1.54, 1.807) is 0 Å². The first kappa shape index (κ1) is 114. The maximum absolute atomic E-state index is 13.1. The number of hydrogen-bond donors (Lipinski definition) is 4. The summed E-state index contributed by atoms with van der Waals surface area (Å²) in [7, 11) is -9.82. The lowest BCUT2D eigenvalue weighted by Gasteiger charge is -2.21. The van der Waals surface area contributed by atoms with Crippen molar-refractivity contribution in [3.63, 3.8) is 0 Å². The van der Waals surface area contributed by atoms with Crippen molar-refractivity contribution in [2.45, 2.75) is 411 Å². The molecule has 119 heavy (non-hydrogen) atoms. The number of carbonyl (C=O) groups excluding carboxylic acids is 3. The molecule has 0 aromatic carbocycles. The van der Waals surface area contributed by atoms with Gasteiger partial charge in [-0.15, -0.1) is 0 Å². The Morgan fingerprint density at radius 1 is 0.244 bits per heavy atom. The van der Waals surface area contributed by atoms with Gasteiger partial charge in [-0.05, 0) is 154 Å². The number of rotatable bonds is 89. The summed E-state index contributed by atoms with van der Waals surface area (Å²) in [5.74, 6) is -1.58. The lowest BCUT2D eigenvalue weighted by atomic mass is 10.0. The first-order valence-corrected chi connectivity index (χ1v) is 50.4. The monoisotopic (exact) mass is 1700 g/mol. The molecule has 4 N–H and O–H groups in total. The normalized spacial score (nSPS) is 14.5. The van der Waals surface area contributed by atoms with Crippen molar-refractivity contribution < 1.29 is 75.8 Å². The summed E-state index contributed by atoms with van der Waals surface area (Å²) in [4.78, 5) is 59.1. The van der Waals surface area contributed by atoms with Crippen LogP contribution in [0.3, 0.4) is 0 Å². The van der Waals surface area contributed by atoms with Gasteiger partial charge in [-0.2, -0.15) is 0 Å². The predicted octanol–water partition coefficient (Wildman–Crippen LogP) is 29.4. The third-order valence-electron chi connectivity index (χ3n) is 19.9. The third-order valence-corrected chi connectivity index (χ3v) is 21.8. The van der Waals surface area contributed by atoms with Crippen LogP contribution in [-0.4, -0.2) is 95.9 Å². The molecule has 0 saturated carbocycles. The van der Waals surface area contributed by atoms with Crippen LogP contribution in [-0.2, 0) is 55.8 Å². The molecule has 0 aliphatic carbocycles. The number of allylic oxidation sites excluding steroid dienone is 28. The third kappa shape index (κ3) is 93.5. The molecule has 16 nitrogen and oxygen atoms in total. The number of phosphoric acid groups is 2. The van der Waals surface area contributed by atoms with Crippen molar-refractivity contribution in [1.29, 1.82) is 0 Å². The van der Waals surface area contributed by atoms with Crippen molar-refractivity contribution >= 4 is 33.6 Å². The van der Waals surface area contributed by atoms with Crippen LogP contribution in [0.5, 0.6) is 0 Å². The summed E-state index contributed by atoms with van der Waals surface area (Å²) in [6.07, 6.45) is 120. The molecule has 0 spiro atoms. The predicted molar refractivity (Wildman–Crippen MR) is 500 cm³/mol. The topological polar surface area (TPSA) is 231 Å². The summed E-state index contributed by atoms with van der Waals surface area (Å²) in [6.45, 7) is 2.46. The Kier molecular flexibility index (Phi) is 88.2. The molecule has 0 bridgehead atoms. The van der Waals surface area contributed by atoms with E-state index in [9.17, 15) is 43.5 Å². The summed E-state index contributed by atoms with van der Waals surface area (Å²) in [5.41, 5.74) is 0. The van der Waals surface area contributed by atoms with Crippen LogP contribution in [0, 0.1) is 0 Å². The molecule has 0 saturated heterocycles. The largest absolute Gasteiger partial charge is 0.472 e. The van der Waals surface area contributed by atoms with Gasteiger partial charge in [0.15, 0.2) is 6.10 Å². The van der Waals surface area contributed by atoms with Crippen molar-refractivity contribution in [2.24, 2.45) is 0 Å². The van der Waals surface area contributed by atoms with Gasteiger partial charge in [0, 0.05) is 19.3 Å². The molecule has 0 aliphatic heterocycles. The molecule has 0 aliphatic rings. The number of aliphatic hydroxyl groups excluding tert-OH is 2. The molecule has 0 aromatic heterocycles. The van der Waals surface area contributed by atoms with Gasteiger partial charge >= 0.3 is 33.6 Å². The number of aliphatic hydroxyl groups is 2. The van der Waals surface area contributed by atoms with E-state index in [2.05, 4.69) is 191 Å². The number of hydrogen-bond acceptors (Lipinski definition) is 14. The van der Waals surface area contributed by atoms with E-state index < -0.39 is 91.5 Å². The van der Waals surface area contributed by atoms with E-state index in [0.29, 0.717) is 19.3 Å². The fourth-order valence-corrected chi connectivity index (χ4v) is 14.4. The Morgan fingerprint density at radius 3 is 0.706 bits per heavy atom. The molecule has 682 valence electrons. The van der Waals surface area contributed by atoms with Crippen molar-refractivity contribution in [2.75, 3.05) is 39.6 Å². The average Bonchev–Trinajstić information content (AvgIpc) is 0.911. The van der Waals surface area contributed by atoms with Gasteiger partial charge in [-0.1, -0.05) is 390 Å². The Hall–Kier alpha value is -5.09. The van der Waals surface area contributed by atoms with Crippen molar-refractivity contribution in [3.8, 4) is 0 Å². The van der Waals surface area contributed by atoms with E-state index in [-0.39, 0.29) is 19.3 Å². The Labute approximate surface area is 726 Å². The highest BCUT2D eigenvalue weighted by Crippen LogP contribution is 2.45. The van der Waals surface area contributed by atoms with Gasteiger partial charge in [-0.3, -0.25) is 32.5 Å². The summed E-state index contributed by atoms with van der Waals surface area (Å²) in [5, 5.41) is 20.8. The van der Waals surface area contributed by atoms with E-state index >= 15 is 0 Å². The molecule has 0 fully saturated rings. The van der Waals surface area contributed by atoms with Crippen molar-refractivity contribution in [1.82, 2.24) is 0 Å². The molecule has 0 amide bonds. The minimum Gasteiger partial charge on any atom is -0.463 e. The van der Waals surface area contributed by atoms with E-state index in [0.717, 1.165) is 180 Å². The molecule has 5 atom stereocenters. The molecule has 0 rings (SSSR count). The molecule has 0 heterocycles. The van der Waals surface area contributed by atoms with Crippen LogP contribution >= 0.6 is 15.6 Å². The molecule has 18 heteroatoms. The zero-order valence-electron chi connectivity index (χ0n) is 75.2. The SMILES string of the molecule is CC/C=C\C/C=C\C/C=C\C/C=C\C/C=C\CCCCCCCCCCCCCCCCCCCC(=O)OCC(O)COP(=O)(O)OCC(O)COP(=O)(O)OCC(COC(=O)CCCCCCCCCCCCC/C=C\C/C=C\C/C=C\C/C=C\CCCCC)OC(=O)CCCCCCCCC/C=C\C/C=C\C/C=C\C/C=C\C/C=C\CC. The Balaban J connectivity index is 4.59.